The minimum atomic E-state index is 0.239. The second-order valence-electron chi connectivity index (χ2n) is 6.72. The minimum absolute atomic E-state index is 0.239. The van der Waals surface area contributed by atoms with E-state index >= 15 is 0 Å². The Morgan fingerprint density at radius 2 is 1.96 bits per heavy atom. The van der Waals surface area contributed by atoms with Gasteiger partial charge < -0.3 is 5.11 Å². The largest absolute Gasteiger partial charge is 0.507 e. The fourth-order valence-electron chi connectivity index (χ4n) is 3.13. The van der Waals surface area contributed by atoms with Gasteiger partial charge in [0, 0.05) is 24.4 Å². The molecule has 25 heavy (non-hydrogen) atoms. The molecule has 1 aromatic heterocycles. The van der Waals surface area contributed by atoms with Crippen LogP contribution in [0.2, 0.25) is 0 Å². The summed E-state index contributed by atoms with van der Waals surface area (Å²) in [6.45, 7) is 6.01. The Morgan fingerprint density at radius 3 is 2.68 bits per heavy atom. The number of ketones is 1. The van der Waals surface area contributed by atoms with E-state index in [0.717, 1.165) is 40.4 Å². The summed E-state index contributed by atoms with van der Waals surface area (Å²) >= 11 is 0. The predicted molar refractivity (Wildman–Crippen MR) is 105 cm³/mol. The predicted octanol–water partition coefficient (Wildman–Crippen LogP) is 5.75. The topological polar surface area (TPSA) is 50.2 Å². The quantitative estimate of drug-likeness (QED) is 0.591. The SMILES string of the molecule is C/C=C/c1cc2cc(CC(=O)CCCCCCC)c(C)c(O)c2cn1. The number of allylic oxidation sites excluding steroid dienone is 1. The molecule has 1 N–H and O–H groups in total. The molecule has 0 spiro atoms. The number of aromatic nitrogens is 1. The average Bonchev–Trinajstić information content (AvgIpc) is 2.59. The number of rotatable bonds is 9. The van der Waals surface area contributed by atoms with Crippen LogP contribution in [0.5, 0.6) is 5.75 Å². The molecule has 3 nitrogen and oxygen atoms in total. The van der Waals surface area contributed by atoms with Crippen molar-refractivity contribution < 1.29 is 9.90 Å². The van der Waals surface area contributed by atoms with Gasteiger partial charge in [0.2, 0.25) is 0 Å². The van der Waals surface area contributed by atoms with Crippen molar-refractivity contribution in [3.05, 3.63) is 41.2 Å². The van der Waals surface area contributed by atoms with E-state index in [0.29, 0.717) is 12.8 Å². The third kappa shape index (κ3) is 5.15. The molecule has 0 aliphatic rings. The Hall–Kier alpha value is -2.16. The smallest absolute Gasteiger partial charge is 0.137 e. The van der Waals surface area contributed by atoms with E-state index < -0.39 is 0 Å². The van der Waals surface area contributed by atoms with E-state index in [1.165, 1.54) is 19.3 Å². The molecular formula is C22H29NO2. The monoisotopic (exact) mass is 339 g/mol. The lowest BCUT2D eigenvalue weighted by atomic mass is 9.96. The van der Waals surface area contributed by atoms with E-state index in [2.05, 4.69) is 11.9 Å². The van der Waals surface area contributed by atoms with Crippen LogP contribution in [-0.4, -0.2) is 15.9 Å². The number of pyridine rings is 1. The Kier molecular flexibility index (Phi) is 7.17. The highest BCUT2D eigenvalue weighted by Gasteiger charge is 2.13. The first kappa shape index (κ1) is 19.2. The summed E-state index contributed by atoms with van der Waals surface area (Å²) in [5.41, 5.74) is 2.56. The number of aromatic hydroxyl groups is 1. The van der Waals surface area contributed by atoms with Crippen molar-refractivity contribution in [1.29, 1.82) is 0 Å². The van der Waals surface area contributed by atoms with Gasteiger partial charge in [0.25, 0.3) is 0 Å². The molecular weight excluding hydrogens is 310 g/mol. The van der Waals surface area contributed by atoms with Crippen LogP contribution in [0, 0.1) is 6.92 Å². The maximum absolute atomic E-state index is 12.3. The third-order valence-corrected chi connectivity index (χ3v) is 4.66. The van der Waals surface area contributed by atoms with Crippen LogP contribution in [0.3, 0.4) is 0 Å². The number of phenols is 1. The zero-order valence-electron chi connectivity index (χ0n) is 15.6. The normalized spacial score (nSPS) is 11.5. The lowest BCUT2D eigenvalue weighted by Gasteiger charge is -2.11. The molecule has 0 saturated heterocycles. The number of fused-ring (bicyclic) bond motifs is 1. The van der Waals surface area contributed by atoms with E-state index in [4.69, 9.17) is 0 Å². The van der Waals surface area contributed by atoms with E-state index in [1.54, 1.807) is 6.20 Å². The van der Waals surface area contributed by atoms with Crippen molar-refractivity contribution in [2.45, 2.75) is 65.7 Å². The molecule has 0 atom stereocenters. The molecule has 1 heterocycles. The fourth-order valence-corrected chi connectivity index (χ4v) is 3.13. The number of carbonyl (C=O) groups is 1. The van der Waals surface area contributed by atoms with Gasteiger partial charge in [-0.15, -0.1) is 0 Å². The first-order chi connectivity index (χ1) is 12.1. The highest BCUT2D eigenvalue weighted by atomic mass is 16.3. The van der Waals surface area contributed by atoms with Gasteiger partial charge in [-0.05, 0) is 48.9 Å². The fraction of sp³-hybridized carbons (Fsp3) is 0.455. The first-order valence-corrected chi connectivity index (χ1v) is 9.32. The maximum atomic E-state index is 12.3. The molecule has 0 saturated carbocycles. The molecule has 2 aromatic rings. The van der Waals surface area contributed by atoms with E-state index in [1.807, 2.05) is 38.1 Å². The van der Waals surface area contributed by atoms with Gasteiger partial charge in [-0.1, -0.05) is 44.7 Å². The summed E-state index contributed by atoms with van der Waals surface area (Å²) in [4.78, 5) is 16.6. The summed E-state index contributed by atoms with van der Waals surface area (Å²) in [5.74, 6) is 0.490. The van der Waals surface area contributed by atoms with Crippen molar-refractivity contribution in [3.8, 4) is 5.75 Å². The molecule has 134 valence electrons. The summed E-state index contributed by atoms with van der Waals surface area (Å²) in [6, 6.07) is 3.97. The Balaban J connectivity index is 2.14. The van der Waals surface area contributed by atoms with Gasteiger partial charge in [0.05, 0.1) is 5.69 Å². The number of unbranched alkanes of at least 4 members (excludes halogenated alkanes) is 4. The molecule has 0 bridgehead atoms. The summed E-state index contributed by atoms with van der Waals surface area (Å²) < 4.78 is 0. The number of hydrogen-bond donors (Lipinski definition) is 1. The van der Waals surface area contributed by atoms with Crippen LogP contribution in [0.4, 0.5) is 0 Å². The lowest BCUT2D eigenvalue weighted by molar-refractivity contribution is -0.118. The Labute approximate surface area is 150 Å². The number of carbonyl (C=O) groups excluding carboxylic acids is 1. The molecule has 0 aliphatic carbocycles. The number of Topliss-reactive ketones (excluding diaryl/α,β-unsaturated/α-hetero) is 1. The van der Waals surface area contributed by atoms with Crippen LogP contribution >= 0.6 is 0 Å². The number of benzene rings is 1. The van der Waals surface area contributed by atoms with Gasteiger partial charge in [-0.25, -0.2) is 0 Å². The van der Waals surface area contributed by atoms with Gasteiger partial charge >= 0.3 is 0 Å². The Morgan fingerprint density at radius 1 is 1.20 bits per heavy atom. The van der Waals surface area contributed by atoms with Crippen molar-refractivity contribution in [2.24, 2.45) is 0 Å². The highest BCUT2D eigenvalue weighted by molar-refractivity contribution is 5.92. The van der Waals surface area contributed by atoms with Crippen molar-refractivity contribution in [2.75, 3.05) is 0 Å². The Bertz CT molecular complexity index is 762. The zero-order chi connectivity index (χ0) is 18.2. The average molecular weight is 339 g/mol. The van der Waals surface area contributed by atoms with E-state index in [9.17, 15) is 9.90 Å². The number of phenolic OH excluding ortho intramolecular Hbond substituents is 1. The van der Waals surface area contributed by atoms with Gasteiger partial charge in [0.1, 0.15) is 11.5 Å². The summed E-state index contributed by atoms with van der Waals surface area (Å²) in [6.07, 6.45) is 12.3. The zero-order valence-corrected chi connectivity index (χ0v) is 15.6. The summed E-state index contributed by atoms with van der Waals surface area (Å²) in [5, 5.41) is 12.1. The van der Waals surface area contributed by atoms with Crippen LogP contribution in [0.1, 0.15) is 69.2 Å². The van der Waals surface area contributed by atoms with Crippen LogP contribution in [0.15, 0.2) is 24.4 Å². The molecule has 3 heteroatoms. The maximum Gasteiger partial charge on any atom is 0.137 e. The number of hydrogen-bond acceptors (Lipinski definition) is 3. The highest BCUT2D eigenvalue weighted by Crippen LogP contribution is 2.32. The number of nitrogens with zero attached hydrogens (tertiary/aromatic N) is 1. The standard InChI is InChI=1S/C22H29NO2/c1-4-6-7-8-9-11-20(24)14-17-12-18-13-19(10-5-2)23-15-21(18)22(25)16(17)3/h5,10,12-13,15,25H,4,6-9,11,14H2,1-3H3/b10-5+. The second kappa shape index (κ2) is 9.36. The van der Waals surface area contributed by atoms with E-state index in [-0.39, 0.29) is 11.5 Å². The summed E-state index contributed by atoms with van der Waals surface area (Å²) in [7, 11) is 0. The lowest BCUT2D eigenvalue weighted by Crippen LogP contribution is -2.04. The van der Waals surface area contributed by atoms with Crippen molar-refractivity contribution >= 4 is 22.6 Å². The van der Waals surface area contributed by atoms with Crippen LogP contribution in [0.25, 0.3) is 16.8 Å². The third-order valence-electron chi connectivity index (χ3n) is 4.66. The van der Waals surface area contributed by atoms with Crippen molar-refractivity contribution in [3.63, 3.8) is 0 Å². The van der Waals surface area contributed by atoms with Crippen LogP contribution < -0.4 is 0 Å². The van der Waals surface area contributed by atoms with Gasteiger partial charge in [-0.2, -0.15) is 0 Å². The second-order valence-corrected chi connectivity index (χ2v) is 6.72. The molecule has 2 rings (SSSR count). The van der Waals surface area contributed by atoms with Crippen LogP contribution in [-0.2, 0) is 11.2 Å². The molecule has 1 aromatic carbocycles. The van der Waals surface area contributed by atoms with Gasteiger partial charge in [0.15, 0.2) is 0 Å². The van der Waals surface area contributed by atoms with Gasteiger partial charge in [-0.3, -0.25) is 9.78 Å². The molecule has 0 amide bonds. The van der Waals surface area contributed by atoms with Crippen molar-refractivity contribution in [1.82, 2.24) is 4.98 Å². The molecule has 0 aliphatic heterocycles. The minimum Gasteiger partial charge on any atom is -0.507 e. The molecule has 0 radical (unpaired) electrons. The molecule has 0 unspecified atom stereocenters. The first-order valence-electron chi connectivity index (χ1n) is 9.32. The molecule has 0 fully saturated rings.